The summed E-state index contributed by atoms with van der Waals surface area (Å²) < 4.78 is 4.95. The summed E-state index contributed by atoms with van der Waals surface area (Å²) in [5, 5.41) is 3.14. The first kappa shape index (κ1) is 11.2. The van der Waals surface area contributed by atoms with Crippen molar-refractivity contribution in [2.75, 3.05) is 32.8 Å². The van der Waals surface area contributed by atoms with Gasteiger partial charge in [-0.15, -0.1) is 6.58 Å². The van der Waals surface area contributed by atoms with Crippen LogP contribution in [-0.2, 0) is 9.53 Å². The van der Waals surface area contributed by atoms with E-state index in [0.717, 1.165) is 19.6 Å². The molecule has 1 N–H and O–H groups in total. The number of esters is 1. The number of carbonyl (C=O) groups is 1. The smallest absolute Gasteiger partial charge is 0.324 e. The normalized spacial score (nSPS) is 23.1. The van der Waals surface area contributed by atoms with Crippen molar-refractivity contribution in [2.24, 2.45) is 0 Å². The van der Waals surface area contributed by atoms with Gasteiger partial charge < -0.3 is 10.1 Å². The van der Waals surface area contributed by atoms with Gasteiger partial charge in [0.1, 0.15) is 6.04 Å². The number of ether oxygens (including phenoxy) is 1. The van der Waals surface area contributed by atoms with Crippen LogP contribution in [0.3, 0.4) is 0 Å². The molecular weight excluding hydrogens is 180 g/mol. The van der Waals surface area contributed by atoms with Gasteiger partial charge in [0.25, 0.3) is 0 Å². The van der Waals surface area contributed by atoms with Gasteiger partial charge in [0.05, 0.1) is 6.61 Å². The third-order valence-corrected chi connectivity index (χ3v) is 2.22. The van der Waals surface area contributed by atoms with Gasteiger partial charge in [0, 0.05) is 26.2 Å². The molecule has 1 aliphatic heterocycles. The highest BCUT2D eigenvalue weighted by atomic mass is 16.5. The third-order valence-electron chi connectivity index (χ3n) is 2.22. The lowest BCUT2D eigenvalue weighted by molar-refractivity contribution is -0.146. The Labute approximate surface area is 84.9 Å². The van der Waals surface area contributed by atoms with Crippen molar-refractivity contribution in [3.63, 3.8) is 0 Å². The molecule has 1 aliphatic rings. The number of hydrogen-bond donors (Lipinski definition) is 1. The second kappa shape index (κ2) is 5.78. The van der Waals surface area contributed by atoms with E-state index in [4.69, 9.17) is 4.74 Å². The van der Waals surface area contributed by atoms with Crippen LogP contribution in [0.1, 0.15) is 6.92 Å². The predicted octanol–water partition coefficient (Wildman–Crippen LogP) is 0.00930. The van der Waals surface area contributed by atoms with Crippen molar-refractivity contribution >= 4 is 5.97 Å². The fourth-order valence-electron chi connectivity index (χ4n) is 1.56. The van der Waals surface area contributed by atoms with Gasteiger partial charge in [-0.2, -0.15) is 0 Å². The van der Waals surface area contributed by atoms with Crippen LogP contribution in [-0.4, -0.2) is 49.7 Å². The second-order valence-corrected chi connectivity index (χ2v) is 3.31. The van der Waals surface area contributed by atoms with Crippen molar-refractivity contribution in [2.45, 2.75) is 13.0 Å². The molecule has 1 heterocycles. The molecular formula is C10H18N2O2. The maximum absolute atomic E-state index is 11.4. The minimum Gasteiger partial charge on any atom is -0.465 e. The molecule has 0 aromatic carbocycles. The van der Waals surface area contributed by atoms with Crippen molar-refractivity contribution in [3.8, 4) is 0 Å². The fourth-order valence-corrected chi connectivity index (χ4v) is 1.56. The van der Waals surface area contributed by atoms with Crippen molar-refractivity contribution in [3.05, 3.63) is 12.7 Å². The lowest BCUT2D eigenvalue weighted by Crippen LogP contribution is -2.54. The zero-order valence-corrected chi connectivity index (χ0v) is 8.66. The lowest BCUT2D eigenvalue weighted by Gasteiger charge is -2.31. The number of piperazine rings is 1. The Kier molecular flexibility index (Phi) is 4.62. The van der Waals surface area contributed by atoms with Gasteiger partial charge in [-0.25, -0.2) is 0 Å². The number of carbonyl (C=O) groups excluding carboxylic acids is 1. The summed E-state index contributed by atoms with van der Waals surface area (Å²) in [5.41, 5.74) is 0. The molecule has 80 valence electrons. The van der Waals surface area contributed by atoms with E-state index in [0.29, 0.717) is 13.2 Å². The molecule has 14 heavy (non-hydrogen) atoms. The van der Waals surface area contributed by atoms with Crippen LogP contribution in [0.2, 0.25) is 0 Å². The molecule has 0 bridgehead atoms. The quantitative estimate of drug-likeness (QED) is 0.510. The third kappa shape index (κ3) is 3.12. The van der Waals surface area contributed by atoms with Gasteiger partial charge >= 0.3 is 5.97 Å². The second-order valence-electron chi connectivity index (χ2n) is 3.31. The van der Waals surface area contributed by atoms with Gasteiger partial charge in [0.2, 0.25) is 0 Å². The monoisotopic (exact) mass is 198 g/mol. The van der Waals surface area contributed by atoms with E-state index in [2.05, 4.69) is 16.8 Å². The highest BCUT2D eigenvalue weighted by Gasteiger charge is 2.25. The highest BCUT2D eigenvalue weighted by Crippen LogP contribution is 2.00. The molecule has 0 aliphatic carbocycles. The molecule has 1 saturated heterocycles. The topological polar surface area (TPSA) is 41.6 Å². The van der Waals surface area contributed by atoms with E-state index in [1.54, 1.807) is 0 Å². The van der Waals surface area contributed by atoms with Crippen LogP contribution in [0.15, 0.2) is 12.7 Å². The van der Waals surface area contributed by atoms with Crippen LogP contribution in [0.5, 0.6) is 0 Å². The zero-order valence-electron chi connectivity index (χ0n) is 8.66. The molecule has 1 fully saturated rings. The minimum absolute atomic E-state index is 0.152. The summed E-state index contributed by atoms with van der Waals surface area (Å²) in [6.07, 6.45) is 1.85. The van der Waals surface area contributed by atoms with Crippen LogP contribution in [0, 0.1) is 0 Å². The predicted molar refractivity (Wildman–Crippen MR) is 55.1 cm³/mol. The molecule has 4 nitrogen and oxygen atoms in total. The Morgan fingerprint density at radius 1 is 1.79 bits per heavy atom. The average molecular weight is 198 g/mol. The Hall–Kier alpha value is -0.870. The fraction of sp³-hybridized carbons (Fsp3) is 0.700. The molecule has 1 unspecified atom stereocenters. The Morgan fingerprint density at radius 2 is 2.57 bits per heavy atom. The maximum Gasteiger partial charge on any atom is 0.324 e. The van der Waals surface area contributed by atoms with Crippen molar-refractivity contribution in [1.29, 1.82) is 0 Å². The average Bonchev–Trinajstić information content (AvgIpc) is 2.19. The highest BCUT2D eigenvalue weighted by molar-refractivity contribution is 5.76. The summed E-state index contributed by atoms with van der Waals surface area (Å²) in [5.74, 6) is -0.152. The molecule has 0 aromatic rings. The van der Waals surface area contributed by atoms with Crippen LogP contribution >= 0.6 is 0 Å². The van der Waals surface area contributed by atoms with E-state index in [-0.39, 0.29) is 12.0 Å². The molecule has 0 aromatic heterocycles. The minimum atomic E-state index is -0.177. The zero-order chi connectivity index (χ0) is 10.4. The van der Waals surface area contributed by atoms with Crippen LogP contribution < -0.4 is 5.32 Å². The van der Waals surface area contributed by atoms with Crippen molar-refractivity contribution in [1.82, 2.24) is 10.2 Å². The summed E-state index contributed by atoms with van der Waals surface area (Å²) in [6.45, 7) is 9.28. The Balaban J connectivity index is 2.38. The maximum atomic E-state index is 11.4. The molecule has 0 saturated carbocycles. The van der Waals surface area contributed by atoms with E-state index >= 15 is 0 Å². The summed E-state index contributed by atoms with van der Waals surface area (Å²) >= 11 is 0. The van der Waals surface area contributed by atoms with E-state index in [1.807, 2.05) is 13.0 Å². The lowest BCUT2D eigenvalue weighted by atomic mass is 10.2. The van der Waals surface area contributed by atoms with Crippen LogP contribution in [0.4, 0.5) is 0 Å². The van der Waals surface area contributed by atoms with E-state index < -0.39 is 0 Å². The first-order valence-electron chi connectivity index (χ1n) is 5.01. The Morgan fingerprint density at radius 3 is 3.21 bits per heavy atom. The van der Waals surface area contributed by atoms with Crippen molar-refractivity contribution < 1.29 is 9.53 Å². The molecule has 0 amide bonds. The van der Waals surface area contributed by atoms with Crippen LogP contribution in [0.25, 0.3) is 0 Å². The molecule has 0 radical (unpaired) electrons. The standard InChI is InChI=1S/C10H18N2O2/c1-3-6-12-7-5-11-9(8-12)10(13)14-4-2/h3,9,11H,1,4-8H2,2H3. The molecule has 0 spiro atoms. The number of nitrogens with zero attached hydrogens (tertiary/aromatic N) is 1. The molecule has 1 rings (SSSR count). The first-order valence-corrected chi connectivity index (χ1v) is 5.01. The Bertz CT molecular complexity index is 206. The number of hydrogen-bond acceptors (Lipinski definition) is 4. The van der Waals surface area contributed by atoms with E-state index in [1.165, 1.54) is 0 Å². The largest absolute Gasteiger partial charge is 0.465 e. The molecule has 4 heteroatoms. The van der Waals surface area contributed by atoms with E-state index in [9.17, 15) is 4.79 Å². The van der Waals surface area contributed by atoms with Gasteiger partial charge in [-0.3, -0.25) is 9.69 Å². The number of rotatable bonds is 4. The number of nitrogens with one attached hydrogen (secondary N) is 1. The SMILES string of the molecule is C=CCN1CCNC(C(=O)OCC)C1. The van der Waals surface area contributed by atoms with Gasteiger partial charge in [-0.1, -0.05) is 6.08 Å². The summed E-state index contributed by atoms with van der Waals surface area (Å²) in [4.78, 5) is 13.6. The van der Waals surface area contributed by atoms with Gasteiger partial charge in [0.15, 0.2) is 0 Å². The van der Waals surface area contributed by atoms with Gasteiger partial charge in [-0.05, 0) is 6.92 Å². The summed E-state index contributed by atoms with van der Waals surface area (Å²) in [7, 11) is 0. The molecule has 1 atom stereocenters. The first-order chi connectivity index (χ1) is 6.77. The summed E-state index contributed by atoms with van der Waals surface area (Å²) in [6, 6.07) is -0.177.